The van der Waals surface area contributed by atoms with Crippen LogP contribution in [0.1, 0.15) is 54.6 Å². The summed E-state index contributed by atoms with van der Waals surface area (Å²) in [4.78, 5) is 36.7. The van der Waals surface area contributed by atoms with Gasteiger partial charge in [-0.05, 0) is 43.4 Å². The quantitative estimate of drug-likeness (QED) is 0.0998. The van der Waals surface area contributed by atoms with Gasteiger partial charge in [-0.1, -0.05) is 13.8 Å². The van der Waals surface area contributed by atoms with E-state index in [9.17, 15) is 14.4 Å². The molecule has 0 aliphatic rings. The molecule has 0 unspecified atom stereocenters. The van der Waals surface area contributed by atoms with E-state index in [0.29, 0.717) is 46.8 Å². The number of aliphatic carboxylic acids is 1. The second-order valence-corrected chi connectivity index (χ2v) is 12.7. The van der Waals surface area contributed by atoms with Crippen LogP contribution in [0.2, 0.25) is 0 Å². The lowest BCUT2D eigenvalue weighted by Gasteiger charge is -2.13. The first kappa shape index (κ1) is 32.2. The Kier molecular flexibility index (Phi) is 10.6. The first-order valence-electron chi connectivity index (χ1n) is 13.9. The third kappa shape index (κ3) is 7.64. The first-order valence-corrected chi connectivity index (χ1v) is 15.6. The number of aryl methyl sites for hydroxylation is 1. The molecular formula is C32H35FO8S2. The van der Waals surface area contributed by atoms with Gasteiger partial charge >= 0.3 is 5.97 Å². The van der Waals surface area contributed by atoms with Gasteiger partial charge in [0.2, 0.25) is 0 Å². The topological polar surface area (TPSA) is 108 Å². The summed E-state index contributed by atoms with van der Waals surface area (Å²) in [5, 5.41) is 10.4. The molecule has 1 N–H and O–H groups in total. The lowest BCUT2D eigenvalue weighted by molar-refractivity contribution is -0.141. The van der Waals surface area contributed by atoms with Gasteiger partial charge in [0.15, 0.2) is 34.6 Å². The number of rotatable bonds is 16. The molecule has 0 aliphatic heterocycles. The Morgan fingerprint density at radius 3 is 2.26 bits per heavy atom. The van der Waals surface area contributed by atoms with Gasteiger partial charge in [0.1, 0.15) is 5.78 Å². The van der Waals surface area contributed by atoms with Crippen molar-refractivity contribution in [3.63, 3.8) is 0 Å². The van der Waals surface area contributed by atoms with Crippen LogP contribution in [-0.4, -0.2) is 50.1 Å². The van der Waals surface area contributed by atoms with Gasteiger partial charge in [0.25, 0.3) is 0 Å². The van der Waals surface area contributed by atoms with Gasteiger partial charge in [0.05, 0.1) is 38.2 Å². The van der Waals surface area contributed by atoms with Crippen LogP contribution in [0.5, 0.6) is 23.0 Å². The number of halogens is 1. The number of thiophene rings is 2. The molecule has 43 heavy (non-hydrogen) atoms. The minimum absolute atomic E-state index is 0.0427. The van der Waals surface area contributed by atoms with Crippen molar-refractivity contribution in [2.45, 2.75) is 46.5 Å². The van der Waals surface area contributed by atoms with E-state index in [2.05, 4.69) is 0 Å². The molecular weight excluding hydrogens is 595 g/mol. The zero-order valence-corrected chi connectivity index (χ0v) is 26.4. The second kappa shape index (κ2) is 14.2. The number of carboxylic acids is 1. The van der Waals surface area contributed by atoms with Crippen LogP contribution in [0, 0.1) is 17.7 Å². The van der Waals surface area contributed by atoms with E-state index in [1.54, 1.807) is 31.2 Å². The molecule has 0 saturated heterocycles. The summed E-state index contributed by atoms with van der Waals surface area (Å²) >= 11 is 2.76. The van der Waals surface area contributed by atoms with Crippen LogP contribution in [0.15, 0.2) is 30.3 Å². The minimum Gasteiger partial charge on any atom is -0.493 e. The predicted octanol–water partition coefficient (Wildman–Crippen LogP) is 7.57. The molecule has 0 aliphatic carbocycles. The Morgan fingerprint density at radius 2 is 1.58 bits per heavy atom. The molecule has 4 rings (SSSR count). The molecule has 0 saturated carbocycles. The highest BCUT2D eigenvalue weighted by Gasteiger charge is 2.21. The van der Waals surface area contributed by atoms with Crippen LogP contribution in [0.3, 0.4) is 0 Å². The van der Waals surface area contributed by atoms with Crippen LogP contribution >= 0.6 is 22.7 Å². The highest BCUT2D eigenvalue weighted by atomic mass is 32.1. The molecule has 0 spiro atoms. The molecule has 4 aromatic rings. The third-order valence-corrected chi connectivity index (χ3v) is 9.54. The smallest absolute Gasteiger partial charge is 0.306 e. The minimum atomic E-state index is -1.01. The van der Waals surface area contributed by atoms with Gasteiger partial charge in [-0.25, -0.2) is 4.39 Å². The molecule has 11 heteroatoms. The molecule has 0 fully saturated rings. The second-order valence-electron chi connectivity index (χ2n) is 10.5. The van der Waals surface area contributed by atoms with Crippen molar-refractivity contribution in [3.8, 4) is 23.0 Å². The molecule has 2 aromatic carbocycles. The third-order valence-electron chi connectivity index (χ3n) is 7.25. The largest absolute Gasteiger partial charge is 0.493 e. The maximum absolute atomic E-state index is 15.5. The van der Waals surface area contributed by atoms with E-state index in [4.69, 9.17) is 24.1 Å². The number of hydrogen-bond acceptors (Lipinski definition) is 9. The standard InChI is InChI=1S/C32H35FO8S2/c1-17(19(3)34)7-8-21-14-22-28(42-21)16-26(39-5)31(30(22)33)41-10-6-9-40-25-12-20-13-29(23(35)11-18(2)32(36)37)43-27(20)15-24(25)38-4/h12-18H,6-11H2,1-5H3,(H,36,37)/t17-,18-/m0/s1. The lowest BCUT2D eigenvalue weighted by Crippen LogP contribution is -2.13. The van der Waals surface area contributed by atoms with Gasteiger partial charge < -0.3 is 24.1 Å². The van der Waals surface area contributed by atoms with Crippen molar-refractivity contribution in [2.75, 3.05) is 27.4 Å². The van der Waals surface area contributed by atoms with E-state index in [0.717, 1.165) is 19.7 Å². The van der Waals surface area contributed by atoms with Crippen LogP contribution < -0.4 is 18.9 Å². The number of ketones is 2. The Labute approximate surface area is 257 Å². The molecule has 2 heterocycles. The van der Waals surface area contributed by atoms with Crippen molar-refractivity contribution in [3.05, 3.63) is 45.9 Å². The highest BCUT2D eigenvalue weighted by Crippen LogP contribution is 2.41. The fraction of sp³-hybridized carbons (Fsp3) is 0.406. The molecule has 8 nitrogen and oxygen atoms in total. The molecule has 0 bridgehead atoms. The number of carbonyl (C=O) groups excluding carboxylic acids is 2. The van der Waals surface area contributed by atoms with E-state index >= 15 is 4.39 Å². The van der Waals surface area contributed by atoms with Crippen molar-refractivity contribution in [1.82, 2.24) is 0 Å². The van der Waals surface area contributed by atoms with Crippen molar-refractivity contribution in [1.29, 1.82) is 0 Å². The van der Waals surface area contributed by atoms with E-state index in [1.807, 2.05) is 13.0 Å². The number of hydrogen-bond donors (Lipinski definition) is 1. The molecule has 2 atom stereocenters. The Hall–Kier alpha value is -3.70. The van der Waals surface area contributed by atoms with Gasteiger partial charge in [-0.2, -0.15) is 0 Å². The summed E-state index contributed by atoms with van der Waals surface area (Å²) in [7, 11) is 2.99. The SMILES string of the molecule is COc1cc2sc(C(=O)C[C@H](C)C(=O)O)cc2cc1OCCCOc1c(OC)cc2sc(CC[C@H](C)C(C)=O)cc2c1F. The summed E-state index contributed by atoms with van der Waals surface area (Å²) in [6.45, 7) is 5.43. The van der Waals surface area contributed by atoms with E-state index < -0.39 is 17.7 Å². The number of Topliss-reactive ketones (excluding diaryl/α,β-unsaturated/α-hetero) is 2. The number of methoxy groups -OCH3 is 2. The average molecular weight is 631 g/mol. The average Bonchev–Trinajstić information content (AvgIpc) is 3.59. The zero-order valence-electron chi connectivity index (χ0n) is 24.8. The van der Waals surface area contributed by atoms with E-state index in [1.165, 1.54) is 43.8 Å². The predicted molar refractivity (Wildman–Crippen MR) is 166 cm³/mol. The number of ether oxygens (including phenoxy) is 4. The Bertz CT molecular complexity index is 1640. The summed E-state index contributed by atoms with van der Waals surface area (Å²) < 4.78 is 39.7. The first-order chi connectivity index (χ1) is 20.5. The number of carbonyl (C=O) groups is 3. The highest BCUT2D eigenvalue weighted by molar-refractivity contribution is 7.21. The fourth-order valence-corrected chi connectivity index (χ4v) is 6.59. The van der Waals surface area contributed by atoms with Gasteiger partial charge in [-0.3, -0.25) is 14.4 Å². The normalized spacial score (nSPS) is 12.7. The maximum Gasteiger partial charge on any atom is 0.306 e. The molecule has 0 radical (unpaired) electrons. The van der Waals surface area contributed by atoms with Crippen molar-refractivity contribution >= 4 is 60.4 Å². The van der Waals surface area contributed by atoms with Crippen molar-refractivity contribution < 1.29 is 42.8 Å². The Balaban J connectivity index is 1.39. The number of carboxylic acid groups (broad SMARTS) is 1. The summed E-state index contributed by atoms with van der Waals surface area (Å²) in [6, 6.07) is 8.89. The lowest BCUT2D eigenvalue weighted by atomic mass is 10.0. The monoisotopic (exact) mass is 630 g/mol. The van der Waals surface area contributed by atoms with Crippen LogP contribution in [0.25, 0.3) is 20.2 Å². The Morgan fingerprint density at radius 1 is 0.884 bits per heavy atom. The van der Waals surface area contributed by atoms with Gasteiger partial charge in [0, 0.05) is 50.6 Å². The van der Waals surface area contributed by atoms with Crippen molar-refractivity contribution in [2.24, 2.45) is 11.8 Å². The number of benzene rings is 2. The van der Waals surface area contributed by atoms with Crippen LogP contribution in [-0.2, 0) is 16.0 Å². The maximum atomic E-state index is 15.5. The molecule has 2 aromatic heterocycles. The fourth-order valence-electron chi connectivity index (χ4n) is 4.46. The zero-order chi connectivity index (χ0) is 31.3. The van der Waals surface area contributed by atoms with Crippen LogP contribution in [0.4, 0.5) is 4.39 Å². The molecule has 230 valence electrons. The summed E-state index contributed by atoms with van der Waals surface area (Å²) in [6.07, 6.45) is 1.77. The van der Waals surface area contributed by atoms with Gasteiger partial charge in [-0.15, -0.1) is 22.7 Å². The molecule has 0 amide bonds. The van der Waals surface area contributed by atoms with E-state index in [-0.39, 0.29) is 42.9 Å². The summed E-state index contributed by atoms with van der Waals surface area (Å²) in [5.41, 5.74) is 0. The number of fused-ring (bicyclic) bond motifs is 2. The summed E-state index contributed by atoms with van der Waals surface area (Å²) in [5.74, 6) is -1.04.